The summed E-state index contributed by atoms with van der Waals surface area (Å²) in [5.41, 5.74) is 6.64. The van der Waals surface area contributed by atoms with Crippen LogP contribution in [0.3, 0.4) is 0 Å². The van der Waals surface area contributed by atoms with Crippen molar-refractivity contribution < 1.29 is 5.11 Å². The Morgan fingerprint density at radius 3 is 1.88 bits per heavy atom. The zero-order valence-corrected chi connectivity index (χ0v) is 14.8. The predicted octanol–water partition coefficient (Wildman–Crippen LogP) is 5.53. The third kappa shape index (κ3) is 2.88. The van der Waals surface area contributed by atoms with Crippen molar-refractivity contribution >= 4 is 0 Å². The molecule has 3 nitrogen and oxygen atoms in total. The second kappa shape index (κ2) is 6.52. The van der Waals surface area contributed by atoms with Crippen LogP contribution in [0, 0.1) is 13.8 Å². The van der Waals surface area contributed by atoms with E-state index >= 15 is 0 Å². The van der Waals surface area contributed by atoms with Gasteiger partial charge < -0.3 is 5.11 Å². The Morgan fingerprint density at radius 1 is 0.692 bits per heavy atom. The van der Waals surface area contributed by atoms with Crippen molar-refractivity contribution in [1.29, 1.82) is 0 Å². The van der Waals surface area contributed by atoms with E-state index in [4.69, 9.17) is 5.10 Å². The summed E-state index contributed by atoms with van der Waals surface area (Å²) in [6, 6.07) is 26.1. The Labute approximate surface area is 153 Å². The lowest BCUT2D eigenvalue weighted by Gasteiger charge is -2.05. The van der Waals surface area contributed by atoms with Crippen molar-refractivity contribution in [2.75, 3.05) is 0 Å². The number of hydrogen-bond donors (Lipinski definition) is 1. The monoisotopic (exact) mass is 340 g/mol. The van der Waals surface area contributed by atoms with Gasteiger partial charge in [0, 0.05) is 5.56 Å². The number of aryl methyl sites for hydroxylation is 2. The first kappa shape index (κ1) is 16.2. The highest BCUT2D eigenvalue weighted by Crippen LogP contribution is 2.39. The highest BCUT2D eigenvalue weighted by Gasteiger charge is 2.21. The Morgan fingerprint density at radius 2 is 1.27 bits per heavy atom. The molecule has 1 heterocycles. The van der Waals surface area contributed by atoms with Gasteiger partial charge in [0.2, 0.25) is 5.88 Å². The fourth-order valence-corrected chi connectivity index (χ4v) is 3.06. The molecular formula is C23H20N2O. The van der Waals surface area contributed by atoms with Gasteiger partial charge >= 0.3 is 0 Å². The Bertz CT molecular complexity index is 1030. The lowest BCUT2D eigenvalue weighted by molar-refractivity contribution is 0.435. The number of nitrogens with zero attached hydrogens (tertiary/aromatic N) is 2. The maximum Gasteiger partial charge on any atom is 0.222 e. The highest BCUT2D eigenvalue weighted by molar-refractivity contribution is 5.85. The average Bonchev–Trinajstić information content (AvgIpc) is 3.01. The van der Waals surface area contributed by atoms with Crippen molar-refractivity contribution in [2.24, 2.45) is 0 Å². The second-order valence-corrected chi connectivity index (χ2v) is 6.53. The molecule has 0 unspecified atom stereocenters. The fraction of sp³-hybridized carbons (Fsp3) is 0.0870. The summed E-state index contributed by atoms with van der Waals surface area (Å²) < 4.78 is 1.61. The van der Waals surface area contributed by atoms with E-state index < -0.39 is 0 Å². The van der Waals surface area contributed by atoms with Gasteiger partial charge in [-0.3, -0.25) is 0 Å². The van der Waals surface area contributed by atoms with E-state index in [-0.39, 0.29) is 5.88 Å². The molecule has 1 N–H and O–H groups in total. The van der Waals surface area contributed by atoms with E-state index in [2.05, 4.69) is 19.1 Å². The first-order chi connectivity index (χ1) is 12.6. The molecule has 0 aliphatic carbocycles. The number of hydrogen-bond acceptors (Lipinski definition) is 2. The summed E-state index contributed by atoms with van der Waals surface area (Å²) in [5.74, 6) is 0.149. The van der Waals surface area contributed by atoms with E-state index in [1.54, 1.807) is 4.68 Å². The molecule has 0 aliphatic rings. The van der Waals surface area contributed by atoms with Gasteiger partial charge in [-0.2, -0.15) is 5.10 Å². The molecular weight excluding hydrogens is 320 g/mol. The van der Waals surface area contributed by atoms with Crippen LogP contribution < -0.4 is 0 Å². The number of rotatable bonds is 3. The minimum atomic E-state index is 0.149. The SMILES string of the molecule is Cc1ccc(-c2nn(-c3ccc(C)cc3)c(O)c2-c2ccccc2)cc1. The molecule has 4 rings (SSSR count). The van der Waals surface area contributed by atoms with Crippen LogP contribution in [0.5, 0.6) is 5.88 Å². The number of aromatic hydroxyl groups is 1. The van der Waals surface area contributed by atoms with Crippen LogP contribution in [-0.2, 0) is 0 Å². The zero-order valence-electron chi connectivity index (χ0n) is 14.8. The van der Waals surface area contributed by atoms with Crippen molar-refractivity contribution in [2.45, 2.75) is 13.8 Å². The Kier molecular flexibility index (Phi) is 4.05. The van der Waals surface area contributed by atoms with Crippen LogP contribution >= 0.6 is 0 Å². The van der Waals surface area contributed by atoms with Gasteiger partial charge in [0.05, 0.1) is 11.3 Å². The normalized spacial score (nSPS) is 10.8. The van der Waals surface area contributed by atoms with Gasteiger partial charge in [0.25, 0.3) is 0 Å². The van der Waals surface area contributed by atoms with E-state index in [9.17, 15) is 5.11 Å². The van der Waals surface area contributed by atoms with Gasteiger partial charge in [0.15, 0.2) is 0 Å². The molecule has 0 amide bonds. The van der Waals surface area contributed by atoms with Crippen molar-refractivity contribution in [1.82, 2.24) is 9.78 Å². The van der Waals surface area contributed by atoms with E-state index in [1.807, 2.05) is 73.7 Å². The van der Waals surface area contributed by atoms with Crippen molar-refractivity contribution in [3.63, 3.8) is 0 Å². The maximum absolute atomic E-state index is 11.0. The van der Waals surface area contributed by atoms with E-state index in [0.717, 1.165) is 28.1 Å². The Balaban J connectivity index is 1.96. The summed E-state index contributed by atoms with van der Waals surface area (Å²) in [4.78, 5) is 0. The third-order valence-electron chi connectivity index (χ3n) is 4.53. The maximum atomic E-state index is 11.0. The van der Waals surface area contributed by atoms with Gasteiger partial charge in [-0.25, -0.2) is 4.68 Å². The van der Waals surface area contributed by atoms with Crippen molar-refractivity contribution in [3.05, 3.63) is 90.0 Å². The van der Waals surface area contributed by atoms with Crippen LogP contribution in [0.4, 0.5) is 0 Å². The second-order valence-electron chi connectivity index (χ2n) is 6.53. The van der Waals surface area contributed by atoms with Crippen LogP contribution in [-0.4, -0.2) is 14.9 Å². The largest absolute Gasteiger partial charge is 0.493 e. The van der Waals surface area contributed by atoms with Crippen LogP contribution in [0.2, 0.25) is 0 Å². The minimum absolute atomic E-state index is 0.149. The van der Waals surface area contributed by atoms with Gasteiger partial charge in [-0.15, -0.1) is 0 Å². The molecule has 26 heavy (non-hydrogen) atoms. The zero-order chi connectivity index (χ0) is 18.1. The molecule has 3 aromatic carbocycles. The quantitative estimate of drug-likeness (QED) is 0.532. The predicted molar refractivity (Wildman–Crippen MR) is 106 cm³/mol. The fourth-order valence-electron chi connectivity index (χ4n) is 3.06. The molecule has 0 spiro atoms. The van der Waals surface area contributed by atoms with Crippen LogP contribution in [0.25, 0.3) is 28.1 Å². The average molecular weight is 340 g/mol. The lowest BCUT2D eigenvalue weighted by Crippen LogP contribution is -1.96. The number of aromatic nitrogens is 2. The minimum Gasteiger partial charge on any atom is -0.493 e. The Hall–Kier alpha value is -3.33. The van der Waals surface area contributed by atoms with E-state index in [0.29, 0.717) is 0 Å². The summed E-state index contributed by atoms with van der Waals surface area (Å²) in [6.07, 6.45) is 0. The topological polar surface area (TPSA) is 38.0 Å². The van der Waals surface area contributed by atoms with E-state index in [1.165, 1.54) is 11.1 Å². The van der Waals surface area contributed by atoms with Crippen molar-refractivity contribution in [3.8, 4) is 34.0 Å². The van der Waals surface area contributed by atoms with Gasteiger partial charge in [-0.05, 0) is 31.5 Å². The molecule has 0 atom stereocenters. The summed E-state index contributed by atoms with van der Waals surface area (Å²) in [5, 5.41) is 15.8. The number of benzene rings is 3. The van der Waals surface area contributed by atoms with Gasteiger partial charge in [0.1, 0.15) is 5.69 Å². The first-order valence-corrected chi connectivity index (χ1v) is 8.65. The summed E-state index contributed by atoms with van der Waals surface area (Å²) in [6.45, 7) is 4.10. The summed E-state index contributed by atoms with van der Waals surface area (Å²) in [7, 11) is 0. The molecule has 0 bridgehead atoms. The molecule has 0 saturated heterocycles. The molecule has 0 fully saturated rings. The molecule has 4 aromatic rings. The van der Waals surface area contributed by atoms with Crippen LogP contribution in [0.1, 0.15) is 11.1 Å². The van der Waals surface area contributed by atoms with Crippen LogP contribution in [0.15, 0.2) is 78.9 Å². The molecule has 1 aromatic heterocycles. The molecule has 0 aliphatic heterocycles. The standard InChI is InChI=1S/C23H20N2O/c1-16-8-12-19(13-9-16)22-21(18-6-4-3-5-7-18)23(26)25(24-22)20-14-10-17(2)11-15-20/h3-15,26H,1-2H3. The van der Waals surface area contributed by atoms with Gasteiger partial charge in [-0.1, -0.05) is 77.9 Å². The molecule has 0 saturated carbocycles. The smallest absolute Gasteiger partial charge is 0.222 e. The molecule has 3 heteroatoms. The lowest BCUT2D eigenvalue weighted by atomic mass is 10.0. The third-order valence-corrected chi connectivity index (χ3v) is 4.53. The first-order valence-electron chi connectivity index (χ1n) is 8.65. The molecule has 0 radical (unpaired) electrons. The highest BCUT2D eigenvalue weighted by atomic mass is 16.3. The summed E-state index contributed by atoms with van der Waals surface area (Å²) >= 11 is 0. The molecule has 128 valence electrons.